The summed E-state index contributed by atoms with van der Waals surface area (Å²) in [6.07, 6.45) is -0.258. The first-order valence-electron chi connectivity index (χ1n) is 13.9. The van der Waals surface area contributed by atoms with Crippen LogP contribution in [0.4, 0.5) is 16.2 Å². The molecular weight excluding hydrogens is 542 g/mol. The minimum absolute atomic E-state index is 0.0334. The topological polar surface area (TPSA) is 139 Å². The van der Waals surface area contributed by atoms with Gasteiger partial charge in [0.05, 0.1) is 18.2 Å². The summed E-state index contributed by atoms with van der Waals surface area (Å²) in [4.78, 5) is 30.3. The maximum Gasteiger partial charge on any atom is 0.323 e. The lowest BCUT2D eigenvalue weighted by molar-refractivity contribution is 0.0341. The zero-order valence-corrected chi connectivity index (χ0v) is 24.5. The van der Waals surface area contributed by atoms with E-state index in [4.69, 9.17) is 18.7 Å². The minimum atomic E-state index is -0.499. The van der Waals surface area contributed by atoms with Crippen LogP contribution in [-0.2, 0) is 6.54 Å². The molecule has 1 aromatic heterocycles. The Morgan fingerprint density at radius 2 is 1.90 bits per heavy atom. The van der Waals surface area contributed by atoms with Crippen LogP contribution in [0.15, 0.2) is 40.9 Å². The van der Waals surface area contributed by atoms with Crippen LogP contribution in [0.1, 0.15) is 41.2 Å². The molecule has 0 saturated heterocycles. The number of carbonyl (C=O) groups excluding carboxylic acids is 2. The number of anilines is 2. The summed E-state index contributed by atoms with van der Waals surface area (Å²) < 4.78 is 22.5. The average molecular weight is 580 g/mol. The molecule has 0 bridgehead atoms. The van der Waals surface area contributed by atoms with E-state index >= 15 is 0 Å². The second kappa shape index (κ2) is 12.3. The molecule has 0 radical (unpaired) electrons. The number of aryl methyl sites for hydroxylation is 2. The van der Waals surface area contributed by atoms with E-state index in [1.54, 1.807) is 36.9 Å². The van der Waals surface area contributed by atoms with Crippen LogP contribution in [0.5, 0.6) is 17.2 Å². The minimum Gasteiger partial charge on any atom is -0.488 e. The molecule has 3 amide bonds. The van der Waals surface area contributed by atoms with Crippen molar-refractivity contribution in [2.75, 3.05) is 44.2 Å². The third-order valence-corrected chi connectivity index (χ3v) is 7.58. The van der Waals surface area contributed by atoms with Crippen molar-refractivity contribution in [1.29, 1.82) is 0 Å². The molecule has 3 atom stereocenters. The third kappa shape index (κ3) is 6.29. The molecule has 2 aliphatic heterocycles. The molecular formula is C30H37N5O7. The van der Waals surface area contributed by atoms with E-state index in [9.17, 15) is 14.7 Å². The zero-order valence-electron chi connectivity index (χ0n) is 24.5. The van der Waals surface area contributed by atoms with Crippen LogP contribution in [0.25, 0.3) is 0 Å². The summed E-state index contributed by atoms with van der Waals surface area (Å²) >= 11 is 0. The van der Waals surface area contributed by atoms with Crippen LogP contribution in [-0.4, -0.2) is 77.7 Å². The van der Waals surface area contributed by atoms with Crippen molar-refractivity contribution >= 4 is 23.3 Å². The van der Waals surface area contributed by atoms with Crippen LogP contribution in [0, 0.1) is 19.8 Å². The van der Waals surface area contributed by atoms with Gasteiger partial charge in [-0.2, -0.15) is 0 Å². The molecule has 42 heavy (non-hydrogen) atoms. The number of hydrogen-bond donors (Lipinski definition) is 3. The molecule has 12 heteroatoms. The van der Waals surface area contributed by atoms with Gasteiger partial charge >= 0.3 is 6.03 Å². The molecule has 224 valence electrons. The van der Waals surface area contributed by atoms with Gasteiger partial charge in [-0.1, -0.05) is 18.1 Å². The Hall–Kier alpha value is -4.29. The summed E-state index contributed by atoms with van der Waals surface area (Å²) in [5.74, 6) is 2.07. The monoisotopic (exact) mass is 579 g/mol. The number of nitrogens with zero attached hydrogens (tertiary/aromatic N) is 3. The van der Waals surface area contributed by atoms with Crippen molar-refractivity contribution in [3.05, 3.63) is 59.0 Å². The predicted octanol–water partition coefficient (Wildman–Crippen LogP) is 4.02. The molecule has 2 aromatic carbocycles. The van der Waals surface area contributed by atoms with Gasteiger partial charge in [-0.3, -0.25) is 9.69 Å². The highest BCUT2D eigenvalue weighted by molar-refractivity contribution is 6.03. The molecule has 0 unspecified atom stereocenters. The number of fused-ring (bicyclic) bond motifs is 2. The van der Waals surface area contributed by atoms with Crippen LogP contribution in [0.2, 0.25) is 0 Å². The SMILES string of the molecule is Cc1noc(C)c1NC(=O)Nc1ccc2c(c1)C(=O)N([C@H](C)CO)C[C@@H](C)[C@H](CN(C)Cc1ccc3c(c1)OCO3)O2. The molecule has 2 aliphatic rings. The highest BCUT2D eigenvalue weighted by Crippen LogP contribution is 2.34. The third-order valence-electron chi connectivity index (χ3n) is 7.58. The van der Waals surface area contributed by atoms with Crippen LogP contribution < -0.4 is 24.8 Å². The second-order valence-electron chi connectivity index (χ2n) is 11.0. The van der Waals surface area contributed by atoms with E-state index < -0.39 is 12.1 Å². The number of aliphatic hydroxyl groups is 1. The van der Waals surface area contributed by atoms with Gasteiger partial charge in [-0.25, -0.2) is 4.79 Å². The van der Waals surface area contributed by atoms with Crippen molar-refractivity contribution in [2.24, 2.45) is 5.92 Å². The Morgan fingerprint density at radius 1 is 1.14 bits per heavy atom. The molecule has 3 heterocycles. The van der Waals surface area contributed by atoms with Gasteiger partial charge in [0.1, 0.15) is 23.2 Å². The van der Waals surface area contributed by atoms with E-state index in [2.05, 4.69) is 20.7 Å². The van der Waals surface area contributed by atoms with Crippen molar-refractivity contribution in [2.45, 2.75) is 46.4 Å². The van der Waals surface area contributed by atoms with E-state index in [0.717, 1.165) is 17.1 Å². The Morgan fingerprint density at radius 3 is 2.64 bits per heavy atom. The van der Waals surface area contributed by atoms with E-state index in [1.165, 1.54) is 0 Å². The number of carbonyl (C=O) groups is 2. The fraction of sp³-hybridized carbons (Fsp3) is 0.433. The first kappa shape index (κ1) is 29.2. The number of ether oxygens (including phenoxy) is 3. The molecule has 0 saturated carbocycles. The highest BCUT2D eigenvalue weighted by Gasteiger charge is 2.33. The molecule has 0 aliphatic carbocycles. The number of nitrogens with one attached hydrogen (secondary N) is 2. The second-order valence-corrected chi connectivity index (χ2v) is 11.0. The summed E-state index contributed by atoms with van der Waals surface area (Å²) in [6, 6.07) is 10.00. The van der Waals surface area contributed by atoms with Crippen molar-refractivity contribution in [1.82, 2.24) is 15.0 Å². The Balaban J connectivity index is 1.35. The lowest BCUT2D eigenvalue weighted by Gasteiger charge is -2.38. The molecule has 3 N–H and O–H groups in total. The summed E-state index contributed by atoms with van der Waals surface area (Å²) in [5, 5.41) is 19.3. The number of aromatic nitrogens is 1. The van der Waals surface area contributed by atoms with Gasteiger partial charge in [0.25, 0.3) is 5.91 Å². The lowest BCUT2D eigenvalue weighted by atomic mass is 9.99. The Bertz CT molecular complexity index is 1440. The van der Waals surface area contributed by atoms with Gasteiger partial charge in [0.2, 0.25) is 6.79 Å². The van der Waals surface area contributed by atoms with Crippen LogP contribution in [0.3, 0.4) is 0 Å². The first-order chi connectivity index (χ1) is 20.1. The maximum atomic E-state index is 13.7. The highest BCUT2D eigenvalue weighted by atomic mass is 16.7. The fourth-order valence-corrected chi connectivity index (χ4v) is 5.18. The quantitative estimate of drug-likeness (QED) is 0.361. The molecule has 3 aromatic rings. The number of benzene rings is 2. The Labute approximate surface area is 244 Å². The van der Waals surface area contributed by atoms with E-state index in [-0.39, 0.29) is 31.3 Å². The summed E-state index contributed by atoms with van der Waals surface area (Å²) in [7, 11) is 2.02. The summed E-state index contributed by atoms with van der Waals surface area (Å²) in [5.41, 5.74) is 2.85. The number of likely N-dealkylation sites (N-methyl/N-ethyl adjacent to an activating group) is 1. The lowest BCUT2D eigenvalue weighted by Crippen LogP contribution is -2.49. The van der Waals surface area contributed by atoms with E-state index in [1.807, 2.05) is 39.1 Å². The van der Waals surface area contributed by atoms with Gasteiger partial charge in [0, 0.05) is 31.2 Å². The smallest absolute Gasteiger partial charge is 0.323 e. The molecule has 0 spiro atoms. The molecule has 0 fully saturated rings. The number of hydrogen-bond acceptors (Lipinski definition) is 9. The fourth-order valence-electron chi connectivity index (χ4n) is 5.18. The summed E-state index contributed by atoms with van der Waals surface area (Å²) in [6.45, 7) is 8.99. The maximum absolute atomic E-state index is 13.7. The Kier molecular flexibility index (Phi) is 8.55. The standard InChI is InChI=1S/C30H37N5O7/c1-17-12-35(18(2)15-36)29(37)23-11-22(31-30(38)32-28-19(3)33-42-20(28)4)7-9-24(23)41-27(17)14-34(5)13-21-6-8-25-26(10-21)40-16-39-25/h6-11,17-18,27,36H,12-16H2,1-5H3,(H2,31,32,38)/t17-,18-,27+/m1/s1. The predicted molar refractivity (Wildman–Crippen MR) is 155 cm³/mol. The first-order valence-corrected chi connectivity index (χ1v) is 13.9. The number of rotatable bonds is 8. The van der Waals surface area contributed by atoms with Gasteiger partial charge in [-0.15, -0.1) is 0 Å². The largest absolute Gasteiger partial charge is 0.488 e. The number of amides is 3. The van der Waals surface area contributed by atoms with Gasteiger partial charge in [-0.05, 0) is 63.7 Å². The van der Waals surface area contributed by atoms with E-state index in [0.29, 0.717) is 53.8 Å². The van der Waals surface area contributed by atoms with Crippen molar-refractivity contribution in [3.63, 3.8) is 0 Å². The van der Waals surface area contributed by atoms with Crippen LogP contribution >= 0.6 is 0 Å². The number of aliphatic hydroxyl groups excluding tert-OH is 1. The molecule has 5 rings (SSSR count). The molecule has 12 nitrogen and oxygen atoms in total. The van der Waals surface area contributed by atoms with Crippen molar-refractivity contribution < 1.29 is 33.4 Å². The zero-order chi connectivity index (χ0) is 30.0. The normalized spacial score (nSPS) is 18.6. The van der Waals surface area contributed by atoms with Gasteiger partial charge in [0.15, 0.2) is 17.3 Å². The van der Waals surface area contributed by atoms with Gasteiger partial charge < -0.3 is 39.4 Å². The number of urea groups is 1. The average Bonchev–Trinajstić information content (AvgIpc) is 3.56. The van der Waals surface area contributed by atoms with Crippen molar-refractivity contribution in [3.8, 4) is 17.2 Å².